The van der Waals surface area contributed by atoms with Crippen LogP contribution in [0.1, 0.15) is 32.3 Å². The minimum absolute atomic E-state index is 0.184. The van der Waals surface area contributed by atoms with Crippen LogP contribution in [0.5, 0.6) is 5.88 Å². The fourth-order valence-electron chi connectivity index (χ4n) is 1.52. The van der Waals surface area contributed by atoms with E-state index in [1.165, 1.54) is 11.5 Å². The van der Waals surface area contributed by atoms with E-state index in [-0.39, 0.29) is 11.4 Å². The first-order valence-corrected chi connectivity index (χ1v) is 5.46. The quantitative estimate of drug-likeness (QED) is 0.803. The van der Waals surface area contributed by atoms with Gasteiger partial charge in [0.2, 0.25) is 5.88 Å². The molecule has 1 aromatic heterocycles. The molecule has 0 fully saturated rings. The van der Waals surface area contributed by atoms with Crippen molar-refractivity contribution in [3.8, 4) is 5.88 Å². The molecule has 2 N–H and O–H groups in total. The van der Waals surface area contributed by atoms with Gasteiger partial charge in [-0.3, -0.25) is 14.3 Å². The van der Waals surface area contributed by atoms with E-state index >= 15 is 0 Å². The summed E-state index contributed by atoms with van der Waals surface area (Å²) in [6, 6.07) is 0. The minimum atomic E-state index is -0.545. The first kappa shape index (κ1) is 12.5. The van der Waals surface area contributed by atoms with E-state index < -0.39 is 11.2 Å². The maximum atomic E-state index is 11.4. The van der Waals surface area contributed by atoms with Crippen LogP contribution in [-0.2, 0) is 6.54 Å². The van der Waals surface area contributed by atoms with Gasteiger partial charge in [-0.25, -0.2) is 4.79 Å². The molecule has 0 aliphatic rings. The summed E-state index contributed by atoms with van der Waals surface area (Å²) in [5.74, 6) is 0.333. The monoisotopic (exact) mass is 226 g/mol. The first-order valence-electron chi connectivity index (χ1n) is 5.46. The van der Waals surface area contributed by atoms with Crippen molar-refractivity contribution < 1.29 is 5.11 Å². The third kappa shape index (κ3) is 2.74. The van der Waals surface area contributed by atoms with Gasteiger partial charge in [0.1, 0.15) is 0 Å². The topological polar surface area (TPSA) is 75.1 Å². The number of aromatic hydroxyl groups is 1. The average molecular weight is 226 g/mol. The van der Waals surface area contributed by atoms with E-state index in [0.29, 0.717) is 12.5 Å². The molecule has 0 atom stereocenters. The molecule has 5 nitrogen and oxygen atoms in total. The number of nitrogens with zero attached hydrogens (tertiary/aromatic N) is 1. The van der Waals surface area contributed by atoms with Gasteiger partial charge in [-0.2, -0.15) is 0 Å². The van der Waals surface area contributed by atoms with E-state index in [2.05, 4.69) is 18.8 Å². The van der Waals surface area contributed by atoms with Crippen molar-refractivity contribution in [2.45, 2.75) is 40.2 Å². The Morgan fingerprint density at radius 2 is 2.00 bits per heavy atom. The molecule has 0 saturated carbocycles. The van der Waals surface area contributed by atoms with Crippen molar-refractivity contribution in [2.24, 2.45) is 5.92 Å². The Kier molecular flexibility index (Phi) is 3.93. The lowest BCUT2D eigenvalue weighted by atomic mass is 10.1. The molecule has 1 heterocycles. The molecule has 1 rings (SSSR count). The molecule has 5 heteroatoms. The van der Waals surface area contributed by atoms with Crippen molar-refractivity contribution in [2.75, 3.05) is 0 Å². The third-order valence-electron chi connectivity index (χ3n) is 2.56. The summed E-state index contributed by atoms with van der Waals surface area (Å²) in [4.78, 5) is 24.8. The van der Waals surface area contributed by atoms with Crippen molar-refractivity contribution in [1.29, 1.82) is 0 Å². The lowest BCUT2D eigenvalue weighted by Gasteiger charge is -2.10. The van der Waals surface area contributed by atoms with Gasteiger partial charge in [0.15, 0.2) is 0 Å². The second-order valence-electron chi connectivity index (χ2n) is 4.40. The maximum Gasteiger partial charge on any atom is 0.331 e. The maximum absolute atomic E-state index is 11.4. The Morgan fingerprint density at radius 3 is 2.56 bits per heavy atom. The molecule has 0 amide bonds. The Hall–Kier alpha value is -1.52. The van der Waals surface area contributed by atoms with Crippen molar-refractivity contribution in [1.82, 2.24) is 9.55 Å². The van der Waals surface area contributed by atoms with E-state index in [1.807, 2.05) is 0 Å². The molecule has 0 unspecified atom stereocenters. The van der Waals surface area contributed by atoms with Crippen molar-refractivity contribution in [3.05, 3.63) is 26.4 Å². The average Bonchev–Trinajstić information content (AvgIpc) is 2.19. The van der Waals surface area contributed by atoms with Gasteiger partial charge >= 0.3 is 5.69 Å². The Balaban J connectivity index is 2.93. The summed E-state index contributed by atoms with van der Waals surface area (Å²) in [5.41, 5.74) is -0.886. The number of rotatable bonds is 4. The minimum Gasteiger partial charge on any atom is -0.494 e. The lowest BCUT2D eigenvalue weighted by Crippen LogP contribution is -2.31. The smallest absolute Gasteiger partial charge is 0.331 e. The van der Waals surface area contributed by atoms with Gasteiger partial charge in [0.25, 0.3) is 5.56 Å². The van der Waals surface area contributed by atoms with Crippen LogP contribution in [0.25, 0.3) is 0 Å². The molecule has 0 aliphatic carbocycles. The molecular formula is C11H18N2O3. The second kappa shape index (κ2) is 5.01. The zero-order valence-corrected chi connectivity index (χ0v) is 9.91. The van der Waals surface area contributed by atoms with Crippen LogP contribution in [0.15, 0.2) is 9.59 Å². The summed E-state index contributed by atoms with van der Waals surface area (Å²) < 4.78 is 1.21. The van der Waals surface area contributed by atoms with Crippen LogP contribution >= 0.6 is 0 Å². The fourth-order valence-corrected chi connectivity index (χ4v) is 1.52. The predicted molar refractivity (Wildman–Crippen MR) is 61.8 cm³/mol. The number of aromatic nitrogens is 2. The normalized spacial score (nSPS) is 11.0. The molecule has 0 saturated heterocycles. The van der Waals surface area contributed by atoms with Crippen LogP contribution in [-0.4, -0.2) is 14.7 Å². The Bertz CT molecular complexity index is 471. The van der Waals surface area contributed by atoms with E-state index in [9.17, 15) is 14.7 Å². The number of H-pyrrole nitrogens is 1. The summed E-state index contributed by atoms with van der Waals surface area (Å²) >= 11 is 0. The third-order valence-corrected chi connectivity index (χ3v) is 2.56. The molecule has 0 spiro atoms. The molecule has 90 valence electrons. The molecule has 1 aromatic rings. The van der Waals surface area contributed by atoms with E-state index in [0.717, 1.165) is 12.8 Å². The van der Waals surface area contributed by atoms with Crippen molar-refractivity contribution in [3.63, 3.8) is 0 Å². The van der Waals surface area contributed by atoms with Crippen LogP contribution in [0, 0.1) is 12.8 Å². The van der Waals surface area contributed by atoms with Crippen molar-refractivity contribution >= 4 is 0 Å². The SMILES string of the molecule is Cc1c(O)n(CCCC(C)C)c(=O)[nH]c1=O. The molecule has 0 aromatic carbocycles. The predicted octanol–water partition coefficient (Wildman–Crippen LogP) is 0.987. The molecule has 0 aliphatic heterocycles. The van der Waals surface area contributed by atoms with E-state index in [4.69, 9.17) is 0 Å². The summed E-state index contributed by atoms with van der Waals surface area (Å²) in [7, 11) is 0. The van der Waals surface area contributed by atoms with Gasteiger partial charge in [-0.15, -0.1) is 0 Å². The van der Waals surface area contributed by atoms with Crippen LogP contribution in [0.4, 0.5) is 0 Å². The summed E-state index contributed by atoms with van der Waals surface area (Å²) in [5, 5.41) is 9.67. The van der Waals surface area contributed by atoms with Gasteiger partial charge in [-0.05, 0) is 25.7 Å². The van der Waals surface area contributed by atoms with E-state index in [1.54, 1.807) is 0 Å². The van der Waals surface area contributed by atoms with Gasteiger partial charge in [0, 0.05) is 6.54 Å². The zero-order valence-electron chi connectivity index (χ0n) is 9.91. The first-order chi connectivity index (χ1) is 7.43. The van der Waals surface area contributed by atoms with Gasteiger partial charge in [0.05, 0.1) is 5.56 Å². The highest BCUT2D eigenvalue weighted by Gasteiger charge is 2.09. The van der Waals surface area contributed by atoms with Crippen LogP contribution in [0.2, 0.25) is 0 Å². The number of aromatic amines is 1. The number of hydrogen-bond acceptors (Lipinski definition) is 3. The summed E-state index contributed by atoms with van der Waals surface area (Å²) in [6.45, 7) is 6.12. The Morgan fingerprint density at radius 1 is 1.38 bits per heavy atom. The van der Waals surface area contributed by atoms with Crippen LogP contribution < -0.4 is 11.2 Å². The summed E-state index contributed by atoms with van der Waals surface area (Å²) in [6.07, 6.45) is 1.78. The number of nitrogens with one attached hydrogen (secondary N) is 1. The number of hydrogen-bond donors (Lipinski definition) is 2. The van der Waals surface area contributed by atoms with Gasteiger partial charge < -0.3 is 5.11 Å². The largest absolute Gasteiger partial charge is 0.494 e. The molecule has 0 radical (unpaired) electrons. The van der Waals surface area contributed by atoms with Crippen LogP contribution in [0.3, 0.4) is 0 Å². The standard InChI is InChI=1S/C11H18N2O3/c1-7(2)5-4-6-13-10(15)8(3)9(14)12-11(13)16/h7,15H,4-6H2,1-3H3,(H,12,14,16). The highest BCUT2D eigenvalue weighted by Crippen LogP contribution is 2.11. The lowest BCUT2D eigenvalue weighted by molar-refractivity contribution is 0.383. The molecule has 16 heavy (non-hydrogen) atoms. The Labute approximate surface area is 93.8 Å². The highest BCUT2D eigenvalue weighted by atomic mass is 16.3. The molecule has 0 bridgehead atoms. The fraction of sp³-hybridized carbons (Fsp3) is 0.636. The second-order valence-corrected chi connectivity index (χ2v) is 4.40. The zero-order chi connectivity index (χ0) is 12.3. The molecular weight excluding hydrogens is 208 g/mol. The van der Waals surface area contributed by atoms with Gasteiger partial charge in [-0.1, -0.05) is 13.8 Å². The highest BCUT2D eigenvalue weighted by molar-refractivity contribution is 5.20.